The van der Waals surface area contributed by atoms with E-state index in [0.29, 0.717) is 6.04 Å². The van der Waals surface area contributed by atoms with Gasteiger partial charge >= 0.3 is 0 Å². The minimum absolute atomic E-state index is 0.485. The van der Waals surface area contributed by atoms with E-state index in [2.05, 4.69) is 42.0 Å². The number of hydrogen-bond donors (Lipinski definition) is 2. The Morgan fingerprint density at radius 3 is 2.92 bits per heavy atom. The van der Waals surface area contributed by atoms with E-state index in [1.165, 1.54) is 4.88 Å². The summed E-state index contributed by atoms with van der Waals surface area (Å²) in [6.07, 6.45) is 0. The molecule has 0 spiro atoms. The first kappa shape index (κ1) is 10.7. The summed E-state index contributed by atoms with van der Waals surface area (Å²) >= 11 is 1.81. The molecule has 1 heterocycles. The number of likely N-dealkylation sites (N-methyl/N-ethyl adjacent to an activating group) is 1. The van der Waals surface area contributed by atoms with Crippen LogP contribution in [0.15, 0.2) is 17.5 Å². The second-order valence-corrected chi connectivity index (χ2v) is 4.02. The minimum Gasteiger partial charge on any atom is -0.316 e. The predicted molar refractivity (Wildman–Crippen MR) is 59.3 cm³/mol. The van der Waals surface area contributed by atoms with Crippen LogP contribution in [0, 0.1) is 0 Å². The van der Waals surface area contributed by atoms with E-state index in [1.807, 2.05) is 11.3 Å². The average Bonchev–Trinajstić information content (AvgIpc) is 2.65. The van der Waals surface area contributed by atoms with Crippen LogP contribution in [0.2, 0.25) is 0 Å². The fraction of sp³-hybridized carbons (Fsp3) is 0.600. The van der Waals surface area contributed by atoms with Crippen LogP contribution in [-0.2, 0) is 0 Å². The van der Waals surface area contributed by atoms with Crippen molar-refractivity contribution < 1.29 is 0 Å². The van der Waals surface area contributed by atoms with Crippen molar-refractivity contribution in [2.24, 2.45) is 0 Å². The summed E-state index contributed by atoms with van der Waals surface area (Å²) in [6.45, 7) is 7.47. The van der Waals surface area contributed by atoms with Gasteiger partial charge in [-0.3, -0.25) is 0 Å². The van der Waals surface area contributed by atoms with Crippen LogP contribution in [0.5, 0.6) is 0 Å². The van der Waals surface area contributed by atoms with Crippen LogP contribution >= 0.6 is 11.3 Å². The maximum atomic E-state index is 3.47. The second-order valence-electron chi connectivity index (χ2n) is 3.04. The third kappa shape index (κ3) is 3.89. The topological polar surface area (TPSA) is 24.1 Å². The Morgan fingerprint density at radius 2 is 2.31 bits per heavy atom. The maximum Gasteiger partial charge on any atom is 0.0386 e. The highest BCUT2D eigenvalue weighted by atomic mass is 32.1. The molecule has 1 atom stereocenters. The summed E-state index contributed by atoms with van der Waals surface area (Å²) < 4.78 is 0. The Hall–Kier alpha value is -0.380. The lowest BCUT2D eigenvalue weighted by Crippen LogP contribution is -2.28. The molecule has 13 heavy (non-hydrogen) atoms. The van der Waals surface area contributed by atoms with Crippen LogP contribution in [0.3, 0.4) is 0 Å². The summed E-state index contributed by atoms with van der Waals surface area (Å²) in [5.74, 6) is 0. The van der Waals surface area contributed by atoms with Crippen LogP contribution in [0.1, 0.15) is 24.8 Å². The zero-order valence-electron chi connectivity index (χ0n) is 8.34. The smallest absolute Gasteiger partial charge is 0.0386 e. The van der Waals surface area contributed by atoms with Gasteiger partial charge in [-0.05, 0) is 24.9 Å². The average molecular weight is 198 g/mol. The second kappa shape index (κ2) is 6.13. The van der Waals surface area contributed by atoms with Crippen molar-refractivity contribution in [2.45, 2.75) is 19.9 Å². The highest BCUT2D eigenvalue weighted by Crippen LogP contribution is 2.17. The van der Waals surface area contributed by atoms with Gasteiger partial charge in [0.05, 0.1) is 0 Å². The van der Waals surface area contributed by atoms with Crippen LogP contribution in [-0.4, -0.2) is 19.6 Å². The molecule has 0 radical (unpaired) electrons. The quantitative estimate of drug-likeness (QED) is 0.683. The fourth-order valence-electron chi connectivity index (χ4n) is 1.19. The lowest BCUT2D eigenvalue weighted by atomic mass is 10.3. The third-order valence-electron chi connectivity index (χ3n) is 1.97. The summed E-state index contributed by atoms with van der Waals surface area (Å²) in [7, 11) is 0. The fourth-order valence-corrected chi connectivity index (χ4v) is 1.95. The molecular weight excluding hydrogens is 180 g/mol. The number of hydrogen-bond acceptors (Lipinski definition) is 3. The van der Waals surface area contributed by atoms with Gasteiger partial charge in [-0.2, -0.15) is 0 Å². The van der Waals surface area contributed by atoms with Gasteiger partial charge in [0.1, 0.15) is 0 Å². The molecule has 0 amide bonds. The first-order chi connectivity index (χ1) is 6.34. The molecule has 0 fully saturated rings. The Morgan fingerprint density at radius 1 is 1.46 bits per heavy atom. The molecule has 0 saturated carbocycles. The van der Waals surface area contributed by atoms with Gasteiger partial charge < -0.3 is 10.6 Å². The summed E-state index contributed by atoms with van der Waals surface area (Å²) in [5, 5.41) is 8.88. The zero-order valence-corrected chi connectivity index (χ0v) is 9.16. The number of nitrogens with one attached hydrogen (secondary N) is 2. The lowest BCUT2D eigenvalue weighted by Gasteiger charge is -2.11. The third-order valence-corrected chi connectivity index (χ3v) is 3.03. The van der Waals surface area contributed by atoms with Gasteiger partial charge in [0.25, 0.3) is 0 Å². The van der Waals surface area contributed by atoms with E-state index >= 15 is 0 Å². The van der Waals surface area contributed by atoms with Crippen LogP contribution in [0.25, 0.3) is 0 Å². The molecule has 1 rings (SSSR count). The first-order valence-corrected chi connectivity index (χ1v) is 5.70. The lowest BCUT2D eigenvalue weighted by molar-refractivity contribution is 0.558. The monoisotopic (exact) mass is 198 g/mol. The highest BCUT2D eigenvalue weighted by Gasteiger charge is 2.03. The van der Waals surface area contributed by atoms with Gasteiger partial charge in [-0.25, -0.2) is 0 Å². The summed E-state index contributed by atoms with van der Waals surface area (Å²) in [5.41, 5.74) is 0. The molecule has 0 aliphatic carbocycles. The Kier molecular flexibility index (Phi) is 5.05. The van der Waals surface area contributed by atoms with Gasteiger partial charge in [0.15, 0.2) is 0 Å². The molecule has 0 aliphatic heterocycles. The van der Waals surface area contributed by atoms with E-state index < -0.39 is 0 Å². The zero-order chi connectivity index (χ0) is 9.52. The largest absolute Gasteiger partial charge is 0.316 e. The molecule has 2 nitrogen and oxygen atoms in total. The van der Waals surface area contributed by atoms with Gasteiger partial charge in [0, 0.05) is 24.0 Å². The molecular formula is C10H18N2S. The number of thiophene rings is 1. The van der Waals surface area contributed by atoms with Crippen molar-refractivity contribution in [3.8, 4) is 0 Å². The first-order valence-electron chi connectivity index (χ1n) is 4.82. The van der Waals surface area contributed by atoms with Gasteiger partial charge in [-0.15, -0.1) is 11.3 Å². The van der Waals surface area contributed by atoms with Gasteiger partial charge in [0.2, 0.25) is 0 Å². The molecule has 1 aromatic rings. The van der Waals surface area contributed by atoms with E-state index in [-0.39, 0.29) is 0 Å². The van der Waals surface area contributed by atoms with Crippen molar-refractivity contribution in [1.82, 2.24) is 10.6 Å². The Labute approximate surface area is 84.4 Å². The molecule has 0 bridgehead atoms. The summed E-state index contributed by atoms with van der Waals surface area (Å²) in [6, 6.07) is 4.76. The standard InChI is InChI=1S/C10H18N2S/c1-3-11-6-7-12-9(2)10-5-4-8-13-10/h4-5,8-9,11-12H,3,6-7H2,1-2H3. The normalized spacial score (nSPS) is 13.1. The van der Waals surface area contributed by atoms with Crippen LogP contribution in [0.4, 0.5) is 0 Å². The highest BCUT2D eigenvalue weighted by molar-refractivity contribution is 7.10. The Balaban J connectivity index is 2.15. The van der Waals surface area contributed by atoms with E-state index in [4.69, 9.17) is 0 Å². The Bertz CT molecular complexity index is 209. The molecule has 0 aromatic carbocycles. The van der Waals surface area contributed by atoms with Crippen molar-refractivity contribution in [3.63, 3.8) is 0 Å². The molecule has 1 unspecified atom stereocenters. The summed E-state index contributed by atoms with van der Waals surface area (Å²) in [4.78, 5) is 1.41. The predicted octanol–water partition coefficient (Wildman–Crippen LogP) is 2.01. The minimum atomic E-state index is 0.485. The maximum absolute atomic E-state index is 3.47. The molecule has 1 aromatic heterocycles. The molecule has 3 heteroatoms. The van der Waals surface area contributed by atoms with Crippen molar-refractivity contribution >= 4 is 11.3 Å². The van der Waals surface area contributed by atoms with Crippen molar-refractivity contribution in [3.05, 3.63) is 22.4 Å². The molecule has 2 N–H and O–H groups in total. The van der Waals surface area contributed by atoms with Crippen molar-refractivity contribution in [1.29, 1.82) is 0 Å². The van der Waals surface area contributed by atoms with Crippen LogP contribution < -0.4 is 10.6 Å². The molecule has 74 valence electrons. The van der Waals surface area contributed by atoms with E-state index in [9.17, 15) is 0 Å². The molecule has 0 aliphatic rings. The van der Waals surface area contributed by atoms with Gasteiger partial charge in [-0.1, -0.05) is 13.0 Å². The SMILES string of the molecule is CCNCCNC(C)c1cccs1. The number of rotatable bonds is 6. The van der Waals surface area contributed by atoms with E-state index in [1.54, 1.807) is 0 Å². The molecule has 0 saturated heterocycles. The van der Waals surface area contributed by atoms with E-state index in [0.717, 1.165) is 19.6 Å². The van der Waals surface area contributed by atoms with Crippen molar-refractivity contribution in [2.75, 3.05) is 19.6 Å².